The lowest BCUT2D eigenvalue weighted by Crippen LogP contribution is -2.43. The predicted octanol–water partition coefficient (Wildman–Crippen LogP) is 3.75. The smallest absolute Gasteiger partial charge is 0.232 e. The molecule has 1 aromatic heterocycles. The maximum absolute atomic E-state index is 12.6. The summed E-state index contributed by atoms with van der Waals surface area (Å²) in [4.78, 5) is 20.7. The summed E-state index contributed by atoms with van der Waals surface area (Å²) in [5.74, 6) is 2.65. The fourth-order valence-electron chi connectivity index (χ4n) is 4.21. The van der Waals surface area contributed by atoms with Crippen molar-refractivity contribution >= 4 is 5.91 Å². The molecule has 1 amide bonds. The van der Waals surface area contributed by atoms with Gasteiger partial charge in [-0.3, -0.25) is 9.78 Å². The highest BCUT2D eigenvalue weighted by molar-refractivity contribution is 5.79. The summed E-state index contributed by atoms with van der Waals surface area (Å²) in [6.45, 7) is 4.60. The highest BCUT2D eigenvalue weighted by atomic mass is 16.5. The Kier molecular flexibility index (Phi) is 6.27. The van der Waals surface area contributed by atoms with Gasteiger partial charge < -0.3 is 10.1 Å². The van der Waals surface area contributed by atoms with Gasteiger partial charge in [-0.25, -0.2) is 4.98 Å². The van der Waals surface area contributed by atoms with Gasteiger partial charge in [-0.15, -0.1) is 0 Å². The summed E-state index contributed by atoms with van der Waals surface area (Å²) in [6, 6.07) is 0.303. The van der Waals surface area contributed by atoms with E-state index >= 15 is 0 Å². The molecule has 2 aliphatic rings. The average Bonchev–Trinajstić information content (AvgIpc) is 2.64. The fourth-order valence-corrected chi connectivity index (χ4v) is 4.21. The predicted molar refractivity (Wildman–Crippen MR) is 97.1 cm³/mol. The summed E-state index contributed by atoms with van der Waals surface area (Å²) in [5, 5.41) is 3.29. The summed E-state index contributed by atoms with van der Waals surface area (Å²) >= 11 is 0. The van der Waals surface area contributed by atoms with E-state index in [1.807, 2.05) is 0 Å². The largest absolute Gasteiger partial charge is 0.473 e. The van der Waals surface area contributed by atoms with Crippen molar-refractivity contribution in [3.05, 3.63) is 18.6 Å². The third-order valence-electron chi connectivity index (χ3n) is 5.93. The Morgan fingerprint density at radius 1 is 1.08 bits per heavy atom. The molecular weight excluding hydrogens is 314 g/mol. The van der Waals surface area contributed by atoms with Crippen LogP contribution in [-0.2, 0) is 4.79 Å². The molecule has 0 spiro atoms. The van der Waals surface area contributed by atoms with E-state index in [0.29, 0.717) is 11.9 Å². The van der Waals surface area contributed by atoms with Crippen LogP contribution in [0.3, 0.4) is 0 Å². The Balaban J connectivity index is 1.38. The van der Waals surface area contributed by atoms with Crippen LogP contribution in [0.4, 0.5) is 0 Å². The number of ether oxygens (including phenoxy) is 1. The molecule has 2 saturated carbocycles. The van der Waals surface area contributed by atoms with Gasteiger partial charge in [0.05, 0.1) is 6.20 Å². The first-order valence-corrected chi connectivity index (χ1v) is 9.85. The maximum atomic E-state index is 12.6. The van der Waals surface area contributed by atoms with Crippen molar-refractivity contribution in [2.45, 2.75) is 77.4 Å². The highest BCUT2D eigenvalue weighted by Crippen LogP contribution is 2.33. The molecule has 5 heteroatoms. The first-order chi connectivity index (χ1) is 12.1. The lowest BCUT2D eigenvalue weighted by Gasteiger charge is -2.33. The number of nitrogens with zero attached hydrogens (tertiary/aromatic N) is 2. The van der Waals surface area contributed by atoms with Crippen LogP contribution in [0, 0.1) is 17.8 Å². The quantitative estimate of drug-likeness (QED) is 0.883. The molecule has 0 aromatic carbocycles. The first kappa shape index (κ1) is 18.2. The molecule has 138 valence electrons. The molecular formula is C20H31N3O2. The standard InChI is InChI=1S/C20H31N3O2/c1-14(2)15-3-5-16(6-4-15)20(24)23-17-7-9-18(10-8-17)25-19-13-21-11-12-22-19/h11-18H,3-10H2,1-2H3,(H,23,24). The van der Waals surface area contributed by atoms with Gasteiger partial charge in [-0.2, -0.15) is 0 Å². The third kappa shape index (κ3) is 5.16. The van der Waals surface area contributed by atoms with E-state index in [-0.39, 0.29) is 17.9 Å². The van der Waals surface area contributed by atoms with Crippen LogP contribution in [0.25, 0.3) is 0 Å². The fraction of sp³-hybridized carbons (Fsp3) is 0.750. The monoisotopic (exact) mass is 345 g/mol. The number of carbonyl (C=O) groups excluding carboxylic acids is 1. The Hall–Kier alpha value is -1.65. The van der Waals surface area contributed by atoms with E-state index < -0.39 is 0 Å². The molecule has 0 atom stereocenters. The van der Waals surface area contributed by atoms with Crippen molar-refractivity contribution in [1.82, 2.24) is 15.3 Å². The van der Waals surface area contributed by atoms with Gasteiger partial charge in [0.25, 0.3) is 0 Å². The van der Waals surface area contributed by atoms with Crippen LogP contribution in [-0.4, -0.2) is 28.0 Å². The maximum Gasteiger partial charge on any atom is 0.232 e. The van der Waals surface area contributed by atoms with Gasteiger partial charge in [0, 0.05) is 24.4 Å². The molecule has 0 unspecified atom stereocenters. The zero-order valence-electron chi connectivity index (χ0n) is 15.5. The number of rotatable bonds is 5. The Labute approximate surface area is 151 Å². The molecule has 0 radical (unpaired) electrons. The lowest BCUT2D eigenvalue weighted by atomic mass is 9.76. The molecule has 3 rings (SSSR count). The Morgan fingerprint density at radius 2 is 1.80 bits per heavy atom. The van der Waals surface area contributed by atoms with E-state index in [1.165, 1.54) is 12.8 Å². The average molecular weight is 345 g/mol. The highest BCUT2D eigenvalue weighted by Gasteiger charge is 2.30. The zero-order valence-corrected chi connectivity index (χ0v) is 15.5. The van der Waals surface area contributed by atoms with Crippen LogP contribution in [0.15, 0.2) is 18.6 Å². The van der Waals surface area contributed by atoms with E-state index in [4.69, 9.17) is 4.74 Å². The topological polar surface area (TPSA) is 64.1 Å². The second kappa shape index (κ2) is 8.63. The number of nitrogens with one attached hydrogen (secondary N) is 1. The number of carbonyl (C=O) groups is 1. The second-order valence-corrected chi connectivity index (χ2v) is 8.00. The molecule has 5 nitrogen and oxygen atoms in total. The van der Waals surface area contributed by atoms with E-state index in [0.717, 1.165) is 50.4 Å². The Bertz CT molecular complexity index is 533. The lowest BCUT2D eigenvalue weighted by molar-refractivity contribution is -0.127. The minimum absolute atomic E-state index is 0.186. The third-order valence-corrected chi connectivity index (χ3v) is 5.93. The minimum atomic E-state index is 0.186. The first-order valence-electron chi connectivity index (χ1n) is 9.85. The van der Waals surface area contributed by atoms with Crippen LogP contribution < -0.4 is 10.1 Å². The molecule has 25 heavy (non-hydrogen) atoms. The van der Waals surface area contributed by atoms with Gasteiger partial charge >= 0.3 is 0 Å². The van der Waals surface area contributed by atoms with Gasteiger partial charge in [-0.1, -0.05) is 13.8 Å². The zero-order chi connectivity index (χ0) is 17.6. The number of amides is 1. The Morgan fingerprint density at radius 3 is 2.40 bits per heavy atom. The molecule has 2 aliphatic carbocycles. The van der Waals surface area contributed by atoms with Gasteiger partial charge in [0.15, 0.2) is 0 Å². The molecule has 1 heterocycles. The van der Waals surface area contributed by atoms with E-state index in [1.54, 1.807) is 18.6 Å². The summed E-state index contributed by atoms with van der Waals surface area (Å²) in [6.07, 6.45) is 13.5. The van der Waals surface area contributed by atoms with Crippen LogP contribution in [0.5, 0.6) is 5.88 Å². The van der Waals surface area contributed by atoms with Crippen molar-refractivity contribution in [3.8, 4) is 5.88 Å². The van der Waals surface area contributed by atoms with Gasteiger partial charge in [0.2, 0.25) is 11.8 Å². The normalized spacial score (nSPS) is 30.0. The van der Waals surface area contributed by atoms with Crippen molar-refractivity contribution < 1.29 is 9.53 Å². The van der Waals surface area contributed by atoms with Crippen LogP contribution >= 0.6 is 0 Å². The molecule has 1 aromatic rings. The van der Waals surface area contributed by atoms with E-state index in [2.05, 4.69) is 29.1 Å². The molecule has 1 N–H and O–H groups in total. The minimum Gasteiger partial charge on any atom is -0.473 e. The second-order valence-electron chi connectivity index (χ2n) is 8.00. The number of hydrogen-bond donors (Lipinski definition) is 1. The van der Waals surface area contributed by atoms with Crippen molar-refractivity contribution in [2.24, 2.45) is 17.8 Å². The van der Waals surface area contributed by atoms with Crippen LogP contribution in [0.1, 0.15) is 65.2 Å². The summed E-state index contributed by atoms with van der Waals surface area (Å²) in [5.41, 5.74) is 0. The molecule has 0 saturated heterocycles. The van der Waals surface area contributed by atoms with Gasteiger partial charge in [-0.05, 0) is 63.2 Å². The SMILES string of the molecule is CC(C)C1CCC(C(=O)NC2CCC(Oc3cnccn3)CC2)CC1. The molecule has 0 bridgehead atoms. The van der Waals surface area contributed by atoms with E-state index in [9.17, 15) is 4.79 Å². The van der Waals surface area contributed by atoms with Crippen LogP contribution in [0.2, 0.25) is 0 Å². The van der Waals surface area contributed by atoms with Gasteiger partial charge in [0.1, 0.15) is 6.10 Å². The molecule has 0 aliphatic heterocycles. The summed E-state index contributed by atoms with van der Waals surface area (Å²) in [7, 11) is 0. The summed E-state index contributed by atoms with van der Waals surface area (Å²) < 4.78 is 5.87. The number of aromatic nitrogens is 2. The van der Waals surface area contributed by atoms with Crippen molar-refractivity contribution in [1.29, 1.82) is 0 Å². The molecule has 2 fully saturated rings. The van der Waals surface area contributed by atoms with Crippen molar-refractivity contribution in [2.75, 3.05) is 0 Å². The van der Waals surface area contributed by atoms with Crippen molar-refractivity contribution in [3.63, 3.8) is 0 Å². The number of hydrogen-bond acceptors (Lipinski definition) is 4.